The molecule has 1 aromatic heterocycles. The first-order valence-electron chi connectivity index (χ1n) is 6.92. The molecule has 0 N–H and O–H groups in total. The largest absolute Gasteiger partial charge is 0.335 e. The highest BCUT2D eigenvalue weighted by Gasteiger charge is 2.24. The molecule has 0 unspecified atom stereocenters. The summed E-state index contributed by atoms with van der Waals surface area (Å²) in [6.45, 7) is 9.33. The number of carbonyl (C=O) groups excluding carboxylic acids is 1. The summed E-state index contributed by atoms with van der Waals surface area (Å²) in [4.78, 5) is 18.9. The van der Waals surface area contributed by atoms with Gasteiger partial charge in [0.05, 0.1) is 5.56 Å². The van der Waals surface area contributed by atoms with Crippen LogP contribution in [0.2, 0.25) is 0 Å². The van der Waals surface area contributed by atoms with E-state index in [4.69, 9.17) is 0 Å². The van der Waals surface area contributed by atoms with E-state index in [2.05, 4.69) is 48.6 Å². The van der Waals surface area contributed by atoms with Crippen LogP contribution in [0.3, 0.4) is 0 Å². The zero-order valence-electron chi connectivity index (χ0n) is 12.2. The van der Waals surface area contributed by atoms with E-state index in [9.17, 15) is 4.79 Å². The molecule has 0 aliphatic rings. The SMILES string of the molecule is CCC(CC)N(CC(C)C)C(=O)c1cccnc1Br. The van der Waals surface area contributed by atoms with Crippen LogP contribution in [0.15, 0.2) is 22.9 Å². The second-order valence-corrected chi connectivity index (χ2v) is 5.91. The lowest BCUT2D eigenvalue weighted by Gasteiger charge is -2.32. The molecule has 0 aliphatic carbocycles. The first-order chi connectivity index (χ1) is 9.01. The Kier molecular flexibility index (Phi) is 6.49. The van der Waals surface area contributed by atoms with Gasteiger partial charge in [0.2, 0.25) is 0 Å². The molecule has 1 heterocycles. The average Bonchev–Trinajstić information content (AvgIpc) is 2.38. The number of amides is 1. The molecule has 0 atom stereocenters. The Hall–Kier alpha value is -0.900. The van der Waals surface area contributed by atoms with Gasteiger partial charge in [-0.2, -0.15) is 0 Å². The number of halogens is 1. The number of hydrogen-bond donors (Lipinski definition) is 0. The summed E-state index contributed by atoms with van der Waals surface area (Å²) < 4.78 is 0.625. The number of aromatic nitrogens is 1. The van der Waals surface area contributed by atoms with Crippen LogP contribution in [0, 0.1) is 5.92 Å². The van der Waals surface area contributed by atoms with Gasteiger partial charge in [0.1, 0.15) is 4.60 Å². The van der Waals surface area contributed by atoms with Crippen LogP contribution in [0.4, 0.5) is 0 Å². The van der Waals surface area contributed by atoms with Crippen molar-refractivity contribution in [3.63, 3.8) is 0 Å². The molecule has 1 rings (SSSR count). The maximum Gasteiger partial charge on any atom is 0.256 e. The quantitative estimate of drug-likeness (QED) is 0.736. The first kappa shape index (κ1) is 16.2. The first-order valence-corrected chi connectivity index (χ1v) is 7.71. The third-order valence-electron chi connectivity index (χ3n) is 3.20. The minimum absolute atomic E-state index is 0.0716. The van der Waals surface area contributed by atoms with Gasteiger partial charge in [0, 0.05) is 18.8 Å². The van der Waals surface area contributed by atoms with Gasteiger partial charge in [-0.25, -0.2) is 4.98 Å². The number of carbonyl (C=O) groups is 1. The molecule has 3 nitrogen and oxygen atoms in total. The fourth-order valence-corrected chi connectivity index (χ4v) is 2.64. The Labute approximate surface area is 124 Å². The summed E-state index contributed by atoms with van der Waals surface area (Å²) in [5.74, 6) is 0.530. The second-order valence-electron chi connectivity index (χ2n) is 5.16. The van der Waals surface area contributed by atoms with E-state index in [1.807, 2.05) is 11.0 Å². The number of hydrogen-bond acceptors (Lipinski definition) is 2. The summed E-state index contributed by atoms with van der Waals surface area (Å²) >= 11 is 3.37. The normalized spacial score (nSPS) is 11.1. The van der Waals surface area contributed by atoms with E-state index in [-0.39, 0.29) is 5.91 Å². The van der Waals surface area contributed by atoms with Gasteiger partial charge in [0.15, 0.2) is 0 Å². The molecule has 1 amide bonds. The van der Waals surface area contributed by atoms with Gasteiger partial charge >= 0.3 is 0 Å². The molecule has 0 spiro atoms. The average molecular weight is 327 g/mol. The van der Waals surface area contributed by atoms with Crippen molar-refractivity contribution in [1.82, 2.24) is 9.88 Å². The van der Waals surface area contributed by atoms with Crippen molar-refractivity contribution >= 4 is 21.8 Å². The molecule has 0 aromatic carbocycles. The Morgan fingerprint density at radius 1 is 1.37 bits per heavy atom. The second kappa shape index (κ2) is 7.63. The zero-order valence-corrected chi connectivity index (χ0v) is 13.8. The van der Waals surface area contributed by atoms with Crippen molar-refractivity contribution in [3.8, 4) is 0 Å². The Morgan fingerprint density at radius 2 is 2.00 bits per heavy atom. The fourth-order valence-electron chi connectivity index (χ4n) is 2.22. The third kappa shape index (κ3) is 4.30. The number of nitrogens with zero attached hydrogens (tertiary/aromatic N) is 2. The Balaban J connectivity index is 3.03. The van der Waals surface area contributed by atoms with E-state index in [1.165, 1.54) is 0 Å². The zero-order chi connectivity index (χ0) is 14.4. The molecule has 4 heteroatoms. The Morgan fingerprint density at radius 3 is 2.47 bits per heavy atom. The smallest absolute Gasteiger partial charge is 0.256 e. The van der Waals surface area contributed by atoms with Gasteiger partial charge in [-0.3, -0.25) is 4.79 Å². The summed E-state index contributed by atoms with van der Waals surface area (Å²) in [6.07, 6.45) is 3.64. The summed E-state index contributed by atoms with van der Waals surface area (Å²) in [7, 11) is 0. The van der Waals surface area contributed by atoms with E-state index in [0.29, 0.717) is 22.1 Å². The van der Waals surface area contributed by atoms with Gasteiger partial charge in [-0.1, -0.05) is 27.7 Å². The molecule has 0 fully saturated rings. The summed E-state index contributed by atoms with van der Waals surface area (Å²) in [6, 6.07) is 3.93. The maximum absolute atomic E-state index is 12.7. The molecular formula is C15H23BrN2O. The minimum Gasteiger partial charge on any atom is -0.335 e. The van der Waals surface area contributed by atoms with Gasteiger partial charge in [-0.15, -0.1) is 0 Å². The van der Waals surface area contributed by atoms with Crippen molar-refractivity contribution in [2.45, 2.75) is 46.6 Å². The van der Waals surface area contributed by atoms with Gasteiger partial charge in [0.25, 0.3) is 5.91 Å². The van der Waals surface area contributed by atoms with Crippen LogP contribution < -0.4 is 0 Å². The molecule has 1 aromatic rings. The van der Waals surface area contributed by atoms with E-state index < -0.39 is 0 Å². The van der Waals surface area contributed by atoms with Crippen LogP contribution in [0.1, 0.15) is 50.9 Å². The van der Waals surface area contributed by atoms with Crippen molar-refractivity contribution in [2.75, 3.05) is 6.54 Å². The number of pyridine rings is 1. The molecule has 0 saturated heterocycles. The highest BCUT2D eigenvalue weighted by molar-refractivity contribution is 9.10. The highest BCUT2D eigenvalue weighted by Crippen LogP contribution is 2.20. The van der Waals surface area contributed by atoms with Crippen LogP contribution in [-0.4, -0.2) is 28.4 Å². The highest BCUT2D eigenvalue weighted by atomic mass is 79.9. The topological polar surface area (TPSA) is 33.2 Å². The fraction of sp³-hybridized carbons (Fsp3) is 0.600. The van der Waals surface area contributed by atoms with Gasteiger partial charge in [-0.05, 0) is 46.8 Å². The van der Waals surface area contributed by atoms with E-state index in [0.717, 1.165) is 19.4 Å². The van der Waals surface area contributed by atoms with Crippen molar-refractivity contribution in [1.29, 1.82) is 0 Å². The number of rotatable bonds is 6. The van der Waals surface area contributed by atoms with Crippen LogP contribution in [0.5, 0.6) is 0 Å². The predicted octanol–water partition coefficient (Wildman–Crippen LogP) is 4.13. The molecular weight excluding hydrogens is 304 g/mol. The van der Waals surface area contributed by atoms with Gasteiger partial charge < -0.3 is 4.90 Å². The molecule has 0 aliphatic heterocycles. The minimum atomic E-state index is 0.0716. The standard InChI is InChI=1S/C15H23BrN2O/c1-5-12(6-2)18(10-11(3)4)15(19)13-8-7-9-17-14(13)16/h7-9,11-12H,5-6,10H2,1-4H3. The Bertz CT molecular complexity index is 416. The predicted molar refractivity (Wildman–Crippen MR) is 82.2 cm³/mol. The van der Waals surface area contributed by atoms with Crippen molar-refractivity contribution in [2.24, 2.45) is 5.92 Å². The molecule has 19 heavy (non-hydrogen) atoms. The molecule has 0 bridgehead atoms. The third-order valence-corrected chi connectivity index (χ3v) is 3.83. The maximum atomic E-state index is 12.7. The van der Waals surface area contributed by atoms with E-state index >= 15 is 0 Å². The van der Waals surface area contributed by atoms with Crippen molar-refractivity contribution in [3.05, 3.63) is 28.5 Å². The van der Waals surface area contributed by atoms with E-state index in [1.54, 1.807) is 12.3 Å². The monoisotopic (exact) mass is 326 g/mol. The summed E-state index contributed by atoms with van der Waals surface area (Å²) in [5.41, 5.74) is 0.648. The van der Waals surface area contributed by atoms with Crippen LogP contribution in [-0.2, 0) is 0 Å². The van der Waals surface area contributed by atoms with Crippen LogP contribution >= 0.6 is 15.9 Å². The molecule has 106 valence electrons. The molecule has 0 saturated carbocycles. The lowest BCUT2D eigenvalue weighted by atomic mass is 10.1. The lowest BCUT2D eigenvalue weighted by molar-refractivity contribution is 0.0639. The van der Waals surface area contributed by atoms with Crippen LogP contribution in [0.25, 0.3) is 0 Å². The molecule has 0 radical (unpaired) electrons. The lowest BCUT2D eigenvalue weighted by Crippen LogP contribution is -2.42. The van der Waals surface area contributed by atoms with Crippen molar-refractivity contribution < 1.29 is 4.79 Å². The summed E-state index contributed by atoms with van der Waals surface area (Å²) in [5, 5.41) is 0.